The first-order valence-corrected chi connectivity index (χ1v) is 4.51. The zero-order chi connectivity index (χ0) is 10.2. The van der Waals surface area contributed by atoms with Crippen LogP contribution in [0.4, 0.5) is 0 Å². The molecule has 4 nitrogen and oxygen atoms in total. The number of rotatable bonds is 3. The molecule has 1 aliphatic rings. The topological polar surface area (TPSA) is 63.4 Å². The number of aliphatic hydroxyl groups is 1. The standard InChI is InChI=1S/C10H11NO3/c12-7-10(11(13)14)6-9(10)8-4-2-1-3-5-8/h1-5,9,12H,6-7H2/t9-,10-/m1/s1. The van der Waals surface area contributed by atoms with Crippen molar-refractivity contribution in [2.75, 3.05) is 6.61 Å². The number of hydrogen-bond donors (Lipinski definition) is 1. The lowest BCUT2D eigenvalue weighted by Gasteiger charge is -2.05. The smallest absolute Gasteiger partial charge is 0.252 e. The van der Waals surface area contributed by atoms with Crippen molar-refractivity contribution < 1.29 is 10.0 Å². The van der Waals surface area contributed by atoms with Crippen LogP contribution in [0.15, 0.2) is 30.3 Å². The minimum atomic E-state index is -1.11. The maximum atomic E-state index is 10.7. The Balaban J connectivity index is 2.22. The molecule has 2 rings (SSSR count). The number of nitrogens with zero attached hydrogens (tertiary/aromatic N) is 1. The molecule has 0 aliphatic heterocycles. The normalized spacial score (nSPS) is 29.9. The Bertz CT molecular complexity index is 352. The summed E-state index contributed by atoms with van der Waals surface area (Å²) in [5.74, 6) is -0.122. The van der Waals surface area contributed by atoms with E-state index in [0.29, 0.717) is 6.42 Å². The van der Waals surface area contributed by atoms with Crippen molar-refractivity contribution >= 4 is 0 Å². The second-order valence-electron chi connectivity index (χ2n) is 3.69. The molecule has 14 heavy (non-hydrogen) atoms. The molecule has 0 aromatic heterocycles. The second-order valence-corrected chi connectivity index (χ2v) is 3.69. The maximum Gasteiger partial charge on any atom is 0.252 e. The third kappa shape index (κ3) is 1.19. The molecule has 0 radical (unpaired) electrons. The Labute approximate surface area is 81.3 Å². The quantitative estimate of drug-likeness (QED) is 0.579. The van der Waals surface area contributed by atoms with E-state index in [0.717, 1.165) is 5.56 Å². The fraction of sp³-hybridized carbons (Fsp3) is 0.400. The van der Waals surface area contributed by atoms with E-state index in [4.69, 9.17) is 5.11 Å². The first-order chi connectivity index (χ1) is 6.70. The summed E-state index contributed by atoms with van der Waals surface area (Å²) in [5.41, 5.74) is -0.167. The highest BCUT2D eigenvalue weighted by Crippen LogP contribution is 2.53. The van der Waals surface area contributed by atoms with E-state index in [1.807, 2.05) is 30.3 Å². The zero-order valence-corrected chi connectivity index (χ0v) is 7.59. The van der Waals surface area contributed by atoms with Gasteiger partial charge >= 0.3 is 0 Å². The highest BCUT2D eigenvalue weighted by molar-refractivity contribution is 5.31. The molecule has 74 valence electrons. The van der Waals surface area contributed by atoms with Crippen molar-refractivity contribution in [2.24, 2.45) is 0 Å². The van der Waals surface area contributed by atoms with E-state index < -0.39 is 5.54 Å². The monoisotopic (exact) mass is 193 g/mol. The van der Waals surface area contributed by atoms with Crippen LogP contribution in [0.1, 0.15) is 17.9 Å². The van der Waals surface area contributed by atoms with Gasteiger partial charge in [0.1, 0.15) is 6.61 Å². The summed E-state index contributed by atoms with van der Waals surface area (Å²) in [6, 6.07) is 9.32. The molecule has 0 saturated heterocycles. The molecule has 1 aromatic rings. The summed E-state index contributed by atoms with van der Waals surface area (Å²) in [6.45, 7) is -0.375. The third-order valence-corrected chi connectivity index (χ3v) is 2.89. The van der Waals surface area contributed by atoms with Crippen molar-refractivity contribution in [1.82, 2.24) is 0 Å². The molecule has 1 aliphatic carbocycles. The van der Waals surface area contributed by atoms with E-state index >= 15 is 0 Å². The third-order valence-electron chi connectivity index (χ3n) is 2.89. The van der Waals surface area contributed by atoms with Gasteiger partial charge in [-0.2, -0.15) is 0 Å². The van der Waals surface area contributed by atoms with E-state index in [-0.39, 0.29) is 17.4 Å². The van der Waals surface area contributed by atoms with Crippen molar-refractivity contribution in [3.8, 4) is 0 Å². The van der Waals surface area contributed by atoms with Crippen molar-refractivity contribution in [3.63, 3.8) is 0 Å². The Morgan fingerprint density at radius 2 is 2.14 bits per heavy atom. The van der Waals surface area contributed by atoms with Crippen LogP contribution in [-0.2, 0) is 0 Å². The minimum Gasteiger partial charge on any atom is -0.389 e. The fourth-order valence-electron chi connectivity index (χ4n) is 1.84. The molecule has 1 aromatic carbocycles. The minimum absolute atomic E-state index is 0.122. The van der Waals surface area contributed by atoms with Gasteiger partial charge in [-0.1, -0.05) is 30.3 Å². The molecular formula is C10H11NO3. The molecule has 0 unspecified atom stereocenters. The van der Waals surface area contributed by atoms with Crippen LogP contribution in [-0.4, -0.2) is 22.2 Å². The largest absolute Gasteiger partial charge is 0.389 e. The highest BCUT2D eigenvalue weighted by atomic mass is 16.6. The van der Waals surface area contributed by atoms with Crippen molar-refractivity contribution in [3.05, 3.63) is 46.0 Å². The predicted octanol–water partition coefficient (Wildman–Crippen LogP) is 1.18. The molecule has 0 heterocycles. The molecule has 1 saturated carbocycles. The SMILES string of the molecule is O=[N+]([O-])[C@@]1(CO)C[C@@H]1c1ccccc1. The van der Waals surface area contributed by atoms with Crippen LogP contribution in [0.25, 0.3) is 0 Å². The van der Waals surface area contributed by atoms with E-state index in [9.17, 15) is 10.1 Å². The zero-order valence-electron chi connectivity index (χ0n) is 7.59. The summed E-state index contributed by atoms with van der Waals surface area (Å²) in [7, 11) is 0. The molecule has 0 spiro atoms. The van der Waals surface area contributed by atoms with Crippen molar-refractivity contribution in [1.29, 1.82) is 0 Å². The summed E-state index contributed by atoms with van der Waals surface area (Å²) < 4.78 is 0. The van der Waals surface area contributed by atoms with Gasteiger partial charge in [0, 0.05) is 11.3 Å². The molecule has 1 N–H and O–H groups in total. The van der Waals surface area contributed by atoms with Gasteiger partial charge in [-0.15, -0.1) is 0 Å². The number of nitro groups is 1. The van der Waals surface area contributed by atoms with Gasteiger partial charge in [0.15, 0.2) is 0 Å². The molecule has 0 amide bonds. The van der Waals surface area contributed by atoms with Crippen LogP contribution < -0.4 is 0 Å². The second kappa shape index (κ2) is 3.06. The molecule has 4 heteroatoms. The van der Waals surface area contributed by atoms with Crippen molar-refractivity contribution in [2.45, 2.75) is 17.9 Å². The molecule has 1 fully saturated rings. The first-order valence-electron chi connectivity index (χ1n) is 4.51. The van der Waals surface area contributed by atoms with Gasteiger partial charge in [-0.05, 0) is 5.56 Å². The Hall–Kier alpha value is -1.42. The lowest BCUT2D eigenvalue weighted by Crippen LogP contribution is -2.27. The molecule has 2 atom stereocenters. The fourth-order valence-corrected chi connectivity index (χ4v) is 1.84. The summed E-state index contributed by atoms with van der Waals surface area (Å²) in [5, 5.41) is 19.8. The Kier molecular flexibility index (Phi) is 2.00. The number of benzene rings is 1. The lowest BCUT2D eigenvalue weighted by atomic mass is 10.1. The average molecular weight is 193 g/mol. The van der Waals surface area contributed by atoms with Crippen LogP contribution in [0.2, 0.25) is 0 Å². The van der Waals surface area contributed by atoms with Crippen LogP contribution in [0.5, 0.6) is 0 Å². The maximum absolute atomic E-state index is 10.7. The highest BCUT2D eigenvalue weighted by Gasteiger charge is 2.66. The molecular weight excluding hydrogens is 182 g/mol. The summed E-state index contributed by atoms with van der Waals surface area (Å²) in [6.07, 6.45) is 0.445. The number of aliphatic hydroxyl groups excluding tert-OH is 1. The van der Waals surface area contributed by atoms with Gasteiger partial charge in [-0.3, -0.25) is 10.1 Å². The van der Waals surface area contributed by atoms with Gasteiger partial charge in [0.25, 0.3) is 5.54 Å². The van der Waals surface area contributed by atoms with Crippen LogP contribution >= 0.6 is 0 Å². The average Bonchev–Trinajstić information content (AvgIpc) is 2.95. The number of hydrogen-bond acceptors (Lipinski definition) is 3. The van der Waals surface area contributed by atoms with Gasteiger partial charge in [0.2, 0.25) is 0 Å². The predicted molar refractivity (Wildman–Crippen MR) is 50.6 cm³/mol. The summed E-state index contributed by atoms with van der Waals surface area (Å²) >= 11 is 0. The van der Waals surface area contributed by atoms with Gasteiger partial charge in [-0.25, -0.2) is 0 Å². The summed E-state index contributed by atoms with van der Waals surface area (Å²) in [4.78, 5) is 10.4. The van der Waals surface area contributed by atoms with Gasteiger partial charge in [0.05, 0.1) is 5.92 Å². The van der Waals surface area contributed by atoms with Crippen LogP contribution in [0.3, 0.4) is 0 Å². The Morgan fingerprint density at radius 1 is 1.50 bits per heavy atom. The molecule has 0 bridgehead atoms. The lowest BCUT2D eigenvalue weighted by molar-refractivity contribution is -0.543. The van der Waals surface area contributed by atoms with E-state index in [2.05, 4.69) is 0 Å². The Morgan fingerprint density at radius 3 is 2.57 bits per heavy atom. The van der Waals surface area contributed by atoms with E-state index in [1.54, 1.807) is 0 Å². The first kappa shape index (κ1) is 9.15. The van der Waals surface area contributed by atoms with Gasteiger partial charge < -0.3 is 5.11 Å². The van der Waals surface area contributed by atoms with E-state index in [1.165, 1.54) is 0 Å². The van der Waals surface area contributed by atoms with Crippen LogP contribution in [0, 0.1) is 10.1 Å².